The number of carbonyl (C=O) groups is 3. The van der Waals surface area contributed by atoms with Gasteiger partial charge >= 0.3 is 0 Å². The highest BCUT2D eigenvalue weighted by Gasteiger charge is 2.43. The van der Waals surface area contributed by atoms with Crippen LogP contribution in [0.15, 0.2) is 60.7 Å². The van der Waals surface area contributed by atoms with Crippen LogP contribution in [0.4, 0.5) is 5.69 Å². The zero-order valence-corrected chi connectivity index (χ0v) is 18.6. The summed E-state index contributed by atoms with van der Waals surface area (Å²) in [5.41, 5.74) is 2.40. The van der Waals surface area contributed by atoms with Crippen molar-refractivity contribution in [1.29, 1.82) is 0 Å². The maximum atomic E-state index is 12.8. The number of anilines is 1. The maximum Gasteiger partial charge on any atom is 0.290 e. The van der Waals surface area contributed by atoms with E-state index in [-0.39, 0.29) is 18.5 Å². The van der Waals surface area contributed by atoms with E-state index in [2.05, 4.69) is 29.6 Å². The topological polar surface area (TPSA) is 69.7 Å². The molecule has 1 saturated heterocycles. The second-order valence-electron chi connectivity index (χ2n) is 8.89. The molecule has 0 radical (unpaired) electrons. The SMILES string of the molecule is CN(CCN1CC(C(=O)NC2CCC(c3ccccc3)CC2)C(=O)C1=O)c1ccccc1. The minimum Gasteiger partial charge on any atom is -0.373 e. The normalized spacial score (nSPS) is 23.3. The number of nitrogens with zero attached hydrogens (tertiary/aromatic N) is 2. The number of rotatable bonds is 7. The third-order valence-electron chi connectivity index (χ3n) is 6.78. The Morgan fingerprint density at radius 2 is 1.59 bits per heavy atom. The van der Waals surface area contributed by atoms with Crippen molar-refractivity contribution in [3.8, 4) is 0 Å². The number of hydrogen-bond acceptors (Lipinski definition) is 4. The molecule has 1 aliphatic heterocycles. The van der Waals surface area contributed by atoms with Gasteiger partial charge in [0, 0.05) is 38.4 Å². The molecule has 2 aromatic carbocycles. The largest absolute Gasteiger partial charge is 0.373 e. The quantitative estimate of drug-likeness (QED) is 0.538. The van der Waals surface area contributed by atoms with E-state index in [1.165, 1.54) is 10.5 Å². The van der Waals surface area contributed by atoms with Gasteiger partial charge in [0.05, 0.1) is 0 Å². The van der Waals surface area contributed by atoms with Gasteiger partial charge in [0.1, 0.15) is 5.92 Å². The third kappa shape index (κ3) is 5.01. The van der Waals surface area contributed by atoms with Gasteiger partial charge in [-0.25, -0.2) is 0 Å². The second-order valence-corrected chi connectivity index (χ2v) is 8.89. The Labute approximate surface area is 189 Å². The molecule has 1 aliphatic carbocycles. The minimum absolute atomic E-state index is 0.0728. The maximum absolute atomic E-state index is 12.8. The first-order valence-electron chi connectivity index (χ1n) is 11.5. The predicted octanol–water partition coefficient (Wildman–Crippen LogP) is 2.99. The van der Waals surface area contributed by atoms with E-state index >= 15 is 0 Å². The zero-order valence-electron chi connectivity index (χ0n) is 18.6. The molecule has 1 N–H and O–H groups in total. The summed E-state index contributed by atoms with van der Waals surface area (Å²) in [6.07, 6.45) is 3.83. The van der Waals surface area contributed by atoms with Crippen molar-refractivity contribution >= 4 is 23.3 Å². The molecule has 2 fully saturated rings. The zero-order chi connectivity index (χ0) is 22.5. The molecular formula is C26H31N3O3. The molecule has 0 aromatic heterocycles. The van der Waals surface area contributed by atoms with Crippen molar-refractivity contribution < 1.29 is 14.4 Å². The first-order valence-corrected chi connectivity index (χ1v) is 11.5. The molecule has 0 spiro atoms. The van der Waals surface area contributed by atoms with Crippen molar-refractivity contribution in [2.24, 2.45) is 5.92 Å². The van der Waals surface area contributed by atoms with Gasteiger partial charge in [-0.2, -0.15) is 0 Å². The number of carbonyl (C=O) groups excluding carboxylic acids is 3. The summed E-state index contributed by atoms with van der Waals surface area (Å²) < 4.78 is 0. The lowest BCUT2D eigenvalue weighted by Crippen LogP contribution is -2.43. The van der Waals surface area contributed by atoms with Crippen LogP contribution in [0.5, 0.6) is 0 Å². The van der Waals surface area contributed by atoms with Crippen molar-refractivity contribution in [2.45, 2.75) is 37.6 Å². The van der Waals surface area contributed by atoms with Crippen LogP contribution in [0.2, 0.25) is 0 Å². The summed E-state index contributed by atoms with van der Waals surface area (Å²) in [7, 11) is 1.95. The fourth-order valence-electron chi connectivity index (χ4n) is 4.77. The molecule has 6 heteroatoms. The van der Waals surface area contributed by atoms with Gasteiger partial charge in [-0.15, -0.1) is 0 Å². The smallest absolute Gasteiger partial charge is 0.290 e. The number of Topliss-reactive ketones (excluding diaryl/α,β-unsaturated/α-hetero) is 1. The van der Waals surface area contributed by atoms with E-state index in [0.717, 1.165) is 31.4 Å². The molecule has 1 unspecified atom stereocenters. The van der Waals surface area contributed by atoms with Crippen molar-refractivity contribution in [3.05, 3.63) is 66.2 Å². The highest BCUT2D eigenvalue weighted by atomic mass is 16.2. The number of ketones is 1. The van der Waals surface area contributed by atoms with E-state index < -0.39 is 17.6 Å². The molecule has 168 valence electrons. The Bertz CT molecular complexity index is 939. The van der Waals surface area contributed by atoms with Crippen LogP contribution in [-0.4, -0.2) is 55.2 Å². The number of nitrogens with one attached hydrogen (secondary N) is 1. The predicted molar refractivity (Wildman–Crippen MR) is 124 cm³/mol. The fraction of sp³-hybridized carbons (Fsp3) is 0.423. The Morgan fingerprint density at radius 1 is 0.969 bits per heavy atom. The molecule has 1 saturated carbocycles. The molecule has 1 atom stereocenters. The summed E-state index contributed by atoms with van der Waals surface area (Å²) in [6, 6.07) is 20.4. The summed E-state index contributed by atoms with van der Waals surface area (Å²) >= 11 is 0. The van der Waals surface area contributed by atoms with E-state index in [4.69, 9.17) is 0 Å². The number of likely N-dealkylation sites (N-methyl/N-ethyl adjacent to an activating group) is 1. The van der Waals surface area contributed by atoms with Crippen LogP contribution in [0.1, 0.15) is 37.2 Å². The average Bonchev–Trinajstić information content (AvgIpc) is 3.13. The van der Waals surface area contributed by atoms with Gasteiger partial charge in [0.25, 0.3) is 5.91 Å². The monoisotopic (exact) mass is 433 g/mol. The highest BCUT2D eigenvalue weighted by molar-refractivity contribution is 6.42. The molecule has 32 heavy (non-hydrogen) atoms. The van der Waals surface area contributed by atoms with E-state index in [9.17, 15) is 14.4 Å². The summed E-state index contributed by atoms with van der Waals surface area (Å²) in [5, 5.41) is 3.05. The molecular weight excluding hydrogens is 402 g/mol. The van der Waals surface area contributed by atoms with Crippen molar-refractivity contribution in [3.63, 3.8) is 0 Å². The number of hydrogen-bond donors (Lipinski definition) is 1. The lowest BCUT2D eigenvalue weighted by Gasteiger charge is -2.30. The first-order chi connectivity index (χ1) is 15.5. The van der Waals surface area contributed by atoms with Crippen molar-refractivity contribution in [1.82, 2.24) is 10.2 Å². The Balaban J connectivity index is 1.26. The van der Waals surface area contributed by atoms with Gasteiger partial charge in [0.2, 0.25) is 11.7 Å². The molecule has 2 aromatic rings. The Morgan fingerprint density at radius 3 is 2.25 bits per heavy atom. The van der Waals surface area contributed by atoms with Gasteiger partial charge in [-0.3, -0.25) is 14.4 Å². The van der Waals surface area contributed by atoms with Crippen LogP contribution in [0.25, 0.3) is 0 Å². The van der Waals surface area contributed by atoms with Gasteiger partial charge < -0.3 is 15.1 Å². The highest BCUT2D eigenvalue weighted by Crippen LogP contribution is 2.33. The summed E-state index contributed by atoms with van der Waals surface area (Å²) in [4.78, 5) is 41.3. The van der Waals surface area contributed by atoms with Gasteiger partial charge in [-0.1, -0.05) is 48.5 Å². The first kappa shape index (κ1) is 22.1. The molecule has 6 nitrogen and oxygen atoms in total. The third-order valence-corrected chi connectivity index (χ3v) is 6.78. The van der Waals surface area contributed by atoms with Crippen LogP contribution < -0.4 is 10.2 Å². The summed E-state index contributed by atoms with van der Waals surface area (Å²) in [5.74, 6) is -1.79. The molecule has 1 heterocycles. The lowest BCUT2D eigenvalue weighted by atomic mass is 9.81. The second kappa shape index (κ2) is 9.98. The number of para-hydroxylation sites is 1. The van der Waals surface area contributed by atoms with E-state index in [1.54, 1.807) is 0 Å². The van der Waals surface area contributed by atoms with Gasteiger partial charge in [-0.05, 0) is 49.3 Å². The number of benzene rings is 2. The van der Waals surface area contributed by atoms with Crippen LogP contribution in [0, 0.1) is 5.92 Å². The molecule has 4 rings (SSSR count). The van der Waals surface area contributed by atoms with Gasteiger partial charge in [0.15, 0.2) is 0 Å². The van der Waals surface area contributed by atoms with Crippen LogP contribution >= 0.6 is 0 Å². The molecule has 2 aliphatic rings. The Kier molecular flexibility index (Phi) is 6.88. The van der Waals surface area contributed by atoms with Crippen molar-refractivity contribution in [2.75, 3.05) is 31.6 Å². The van der Waals surface area contributed by atoms with Crippen LogP contribution in [0.3, 0.4) is 0 Å². The average molecular weight is 434 g/mol. The van der Waals surface area contributed by atoms with Crippen LogP contribution in [-0.2, 0) is 14.4 Å². The minimum atomic E-state index is -0.892. The Hall–Kier alpha value is -3.15. The lowest BCUT2D eigenvalue weighted by molar-refractivity contribution is -0.142. The van der Waals surface area contributed by atoms with E-state index in [0.29, 0.717) is 19.0 Å². The fourth-order valence-corrected chi connectivity index (χ4v) is 4.77. The molecule has 0 bridgehead atoms. The van der Waals surface area contributed by atoms with E-state index in [1.807, 2.05) is 48.3 Å². The number of likely N-dealkylation sites (tertiary alicyclic amines) is 1. The molecule has 2 amide bonds. The standard InChI is InChI=1S/C26H31N3O3/c1-28(22-10-6-3-7-11-22)16-17-29-18-23(24(30)26(29)32)25(31)27-21-14-12-20(13-15-21)19-8-4-2-5-9-19/h2-11,20-21,23H,12-18H2,1H3,(H,27,31). The number of amides is 2. The summed E-state index contributed by atoms with van der Waals surface area (Å²) in [6.45, 7) is 1.19.